The molecule has 0 heterocycles. The molecule has 4 rings (SSSR count). The van der Waals surface area contributed by atoms with Gasteiger partial charge in [0.25, 0.3) is 0 Å². The number of ether oxygens (including phenoxy) is 1. The van der Waals surface area contributed by atoms with Crippen LogP contribution in [-0.4, -0.2) is 27.6 Å². The summed E-state index contributed by atoms with van der Waals surface area (Å²) in [6, 6.07) is 31.3. The first-order chi connectivity index (χ1) is 19.7. The summed E-state index contributed by atoms with van der Waals surface area (Å²) in [6.45, 7) is 4.12. The fraction of sp³-hybridized carbons (Fsp3) is 0.219. The molecule has 0 fully saturated rings. The molecule has 0 bridgehead atoms. The molecule has 0 aliphatic rings. The van der Waals surface area contributed by atoms with Crippen molar-refractivity contribution in [2.24, 2.45) is 5.90 Å². The largest absolute Gasteiger partial charge is 0.489 e. The third kappa shape index (κ3) is 13.2. The number of carboxylic acid groups (broad SMARTS) is 1. The molecule has 218 valence electrons. The third-order valence-electron chi connectivity index (χ3n) is 5.76. The van der Waals surface area contributed by atoms with Gasteiger partial charge in [0.1, 0.15) is 30.5 Å². The molecule has 2 unspecified atom stereocenters. The first-order valence-corrected chi connectivity index (χ1v) is 12.9. The van der Waals surface area contributed by atoms with Gasteiger partial charge in [0.2, 0.25) is 0 Å². The van der Waals surface area contributed by atoms with Gasteiger partial charge < -0.3 is 20.2 Å². The number of carboxylic acids is 1. The molecule has 9 heteroatoms. The average Bonchev–Trinajstić information content (AvgIpc) is 2.98. The second-order valence-corrected chi connectivity index (χ2v) is 9.13. The van der Waals surface area contributed by atoms with E-state index in [0.717, 1.165) is 16.7 Å². The zero-order chi connectivity index (χ0) is 30.0. The van der Waals surface area contributed by atoms with E-state index in [4.69, 9.17) is 26.1 Å². The van der Waals surface area contributed by atoms with Gasteiger partial charge in [-0.3, -0.25) is 9.63 Å². The molecular formula is C32H37FN2O6. The molecule has 0 aliphatic heterocycles. The highest BCUT2D eigenvalue weighted by atomic mass is 19.1. The van der Waals surface area contributed by atoms with Crippen LogP contribution in [0.1, 0.15) is 40.8 Å². The van der Waals surface area contributed by atoms with E-state index in [9.17, 15) is 9.18 Å². The maximum absolute atomic E-state index is 13.9. The number of rotatable bonds is 10. The minimum absolute atomic E-state index is 0.112. The predicted octanol–water partition coefficient (Wildman–Crippen LogP) is 5.50. The molecule has 0 aliphatic carbocycles. The van der Waals surface area contributed by atoms with Crippen LogP contribution >= 0.6 is 0 Å². The van der Waals surface area contributed by atoms with Crippen LogP contribution in [0.2, 0.25) is 0 Å². The van der Waals surface area contributed by atoms with E-state index in [1.807, 2.05) is 79.7 Å². The highest BCUT2D eigenvalue weighted by Gasteiger charge is 2.11. The van der Waals surface area contributed by atoms with Crippen molar-refractivity contribution in [2.45, 2.75) is 45.6 Å². The van der Waals surface area contributed by atoms with Crippen molar-refractivity contribution in [2.75, 3.05) is 0 Å². The predicted molar refractivity (Wildman–Crippen MR) is 154 cm³/mol. The first kappa shape index (κ1) is 33.1. The van der Waals surface area contributed by atoms with Crippen LogP contribution in [0.25, 0.3) is 0 Å². The van der Waals surface area contributed by atoms with Crippen LogP contribution in [0.3, 0.4) is 0 Å². The van der Waals surface area contributed by atoms with E-state index >= 15 is 0 Å². The molecule has 0 radical (unpaired) electrons. The van der Waals surface area contributed by atoms with Crippen molar-refractivity contribution >= 4 is 5.97 Å². The number of aliphatic hydroxyl groups is 1. The Labute approximate surface area is 239 Å². The Morgan fingerprint density at radius 1 is 0.902 bits per heavy atom. The molecular weight excluding hydrogens is 527 g/mol. The van der Waals surface area contributed by atoms with E-state index in [1.165, 1.54) is 11.6 Å². The van der Waals surface area contributed by atoms with Gasteiger partial charge in [-0.2, -0.15) is 5.48 Å². The SMILES string of the molecule is Cc1ccc(COc2ccc(C(C)ON)c(F)c2)cc1.O=C(O)Cc1ccccc1.ONC(O)Cc1ccccc1. The zero-order valence-corrected chi connectivity index (χ0v) is 23.1. The van der Waals surface area contributed by atoms with Crippen LogP contribution < -0.4 is 16.1 Å². The number of nitrogens with one attached hydrogen (secondary N) is 1. The Kier molecular flexibility index (Phi) is 14.7. The lowest BCUT2D eigenvalue weighted by Crippen LogP contribution is -2.27. The number of benzene rings is 4. The van der Waals surface area contributed by atoms with E-state index in [2.05, 4.69) is 4.84 Å². The van der Waals surface area contributed by atoms with Crippen LogP contribution in [0.4, 0.5) is 4.39 Å². The van der Waals surface area contributed by atoms with Gasteiger partial charge in [0.05, 0.1) is 6.42 Å². The van der Waals surface area contributed by atoms with Crippen molar-refractivity contribution in [1.82, 2.24) is 5.48 Å². The molecule has 2 atom stereocenters. The number of halogens is 1. The monoisotopic (exact) mass is 564 g/mol. The second-order valence-electron chi connectivity index (χ2n) is 9.13. The molecule has 0 aromatic heterocycles. The van der Waals surface area contributed by atoms with Crippen molar-refractivity contribution < 1.29 is 34.2 Å². The number of hydrogen-bond acceptors (Lipinski definition) is 7. The van der Waals surface area contributed by atoms with Gasteiger partial charge in [0.15, 0.2) is 0 Å². The molecule has 4 aromatic carbocycles. The Balaban J connectivity index is 0.000000236. The highest BCUT2D eigenvalue weighted by molar-refractivity contribution is 5.70. The normalized spacial score (nSPS) is 11.7. The average molecular weight is 565 g/mol. The number of carbonyl (C=O) groups is 1. The summed E-state index contributed by atoms with van der Waals surface area (Å²) < 4.78 is 19.4. The summed E-state index contributed by atoms with van der Waals surface area (Å²) >= 11 is 0. The molecule has 0 spiro atoms. The van der Waals surface area contributed by atoms with E-state index in [-0.39, 0.29) is 12.2 Å². The zero-order valence-electron chi connectivity index (χ0n) is 23.1. The third-order valence-corrected chi connectivity index (χ3v) is 5.76. The number of aryl methyl sites for hydroxylation is 1. The minimum Gasteiger partial charge on any atom is -0.489 e. The van der Waals surface area contributed by atoms with E-state index in [0.29, 0.717) is 24.3 Å². The van der Waals surface area contributed by atoms with Crippen molar-refractivity contribution in [1.29, 1.82) is 0 Å². The number of nitrogens with two attached hydrogens (primary N) is 1. The Morgan fingerprint density at radius 3 is 2.00 bits per heavy atom. The van der Waals surface area contributed by atoms with Gasteiger partial charge >= 0.3 is 5.97 Å². The summed E-state index contributed by atoms with van der Waals surface area (Å²) in [7, 11) is 0. The van der Waals surface area contributed by atoms with Crippen LogP contribution in [0, 0.1) is 12.7 Å². The standard InChI is InChI=1S/C16H18FNO2.C8H11NO2.C8H8O2/c1-11-3-5-13(6-4-11)10-19-14-7-8-15(12(2)20-18)16(17)9-14;10-8(9-11)6-7-4-2-1-3-5-7;9-8(10)6-7-4-2-1-3-5-7/h3-9,12H,10,18H2,1-2H3;1-5,8-11H,6H2;1-5H,6H2,(H,9,10). The maximum Gasteiger partial charge on any atom is 0.307 e. The topological polar surface area (TPSA) is 134 Å². The smallest absolute Gasteiger partial charge is 0.307 e. The first-order valence-electron chi connectivity index (χ1n) is 12.9. The summed E-state index contributed by atoms with van der Waals surface area (Å²) in [5.41, 5.74) is 6.25. The Morgan fingerprint density at radius 2 is 1.49 bits per heavy atom. The number of aliphatic carboxylic acids is 1. The molecule has 0 amide bonds. The summed E-state index contributed by atoms with van der Waals surface area (Å²) in [5.74, 6) is 4.37. The van der Waals surface area contributed by atoms with Gasteiger partial charge in [-0.15, -0.1) is 0 Å². The van der Waals surface area contributed by atoms with Gasteiger partial charge in [-0.1, -0.05) is 90.5 Å². The fourth-order valence-electron chi connectivity index (χ4n) is 3.51. The molecule has 8 nitrogen and oxygen atoms in total. The van der Waals surface area contributed by atoms with Gasteiger partial charge in [0, 0.05) is 18.1 Å². The van der Waals surface area contributed by atoms with Crippen LogP contribution in [-0.2, 0) is 29.1 Å². The van der Waals surface area contributed by atoms with Crippen molar-refractivity contribution in [3.8, 4) is 5.75 Å². The van der Waals surface area contributed by atoms with Crippen molar-refractivity contribution in [3.05, 3.63) is 137 Å². The molecule has 41 heavy (non-hydrogen) atoms. The maximum atomic E-state index is 13.9. The van der Waals surface area contributed by atoms with Gasteiger partial charge in [-0.05, 0) is 42.7 Å². The quantitative estimate of drug-likeness (QED) is 0.126. The summed E-state index contributed by atoms with van der Waals surface area (Å²) in [5, 5.41) is 25.6. The Bertz CT molecular complexity index is 1290. The van der Waals surface area contributed by atoms with Gasteiger partial charge in [-0.25, -0.2) is 10.3 Å². The molecule has 0 saturated heterocycles. The lowest BCUT2D eigenvalue weighted by Gasteiger charge is -2.12. The number of hydroxylamine groups is 1. The van der Waals surface area contributed by atoms with Crippen LogP contribution in [0.15, 0.2) is 103 Å². The summed E-state index contributed by atoms with van der Waals surface area (Å²) in [6.07, 6.45) is -0.836. The molecule has 0 saturated carbocycles. The number of hydrogen-bond donors (Lipinski definition) is 5. The summed E-state index contributed by atoms with van der Waals surface area (Å²) in [4.78, 5) is 14.8. The molecule has 6 N–H and O–H groups in total. The minimum atomic E-state index is -0.877. The van der Waals surface area contributed by atoms with Crippen LogP contribution in [0.5, 0.6) is 5.75 Å². The lowest BCUT2D eigenvalue weighted by molar-refractivity contribution is -0.136. The second kappa shape index (κ2) is 18.3. The number of aliphatic hydroxyl groups excluding tert-OH is 1. The van der Waals surface area contributed by atoms with E-state index < -0.39 is 18.3 Å². The lowest BCUT2D eigenvalue weighted by atomic mass is 10.1. The Hall–Kier alpha value is -4.12. The van der Waals surface area contributed by atoms with Crippen molar-refractivity contribution in [3.63, 3.8) is 0 Å². The fourth-order valence-corrected chi connectivity index (χ4v) is 3.51. The van der Waals surface area contributed by atoms with E-state index in [1.54, 1.807) is 36.7 Å². The molecule has 4 aromatic rings. The highest BCUT2D eigenvalue weighted by Crippen LogP contribution is 2.23.